The van der Waals surface area contributed by atoms with Crippen molar-refractivity contribution in [2.24, 2.45) is 0 Å². The van der Waals surface area contributed by atoms with Crippen molar-refractivity contribution in [3.05, 3.63) is 53.6 Å². The average Bonchev–Trinajstić information content (AvgIpc) is 2.84. The highest BCUT2D eigenvalue weighted by molar-refractivity contribution is 5.94. The molecule has 0 unspecified atom stereocenters. The van der Waals surface area contributed by atoms with E-state index in [9.17, 15) is 4.79 Å². The number of carbonyl (C=O) groups excluding carboxylic acids is 1. The highest BCUT2D eigenvalue weighted by atomic mass is 16.5. The van der Waals surface area contributed by atoms with Crippen molar-refractivity contribution in [1.82, 2.24) is 10.2 Å². The van der Waals surface area contributed by atoms with E-state index in [4.69, 9.17) is 9.47 Å². The first-order chi connectivity index (χ1) is 14.7. The van der Waals surface area contributed by atoms with Gasteiger partial charge in [-0.3, -0.25) is 4.79 Å². The molecule has 2 saturated heterocycles. The SMILES string of the molecule is CNC(=O)c1ccc(-c2ccc(OC)c(C3CCN(C4CCOCC4)CC3)c2)cc1. The van der Waals surface area contributed by atoms with Crippen LogP contribution in [0.5, 0.6) is 5.75 Å². The van der Waals surface area contributed by atoms with Gasteiger partial charge in [0.25, 0.3) is 5.91 Å². The monoisotopic (exact) mass is 408 g/mol. The maximum absolute atomic E-state index is 11.8. The lowest BCUT2D eigenvalue weighted by molar-refractivity contribution is 0.0251. The summed E-state index contributed by atoms with van der Waals surface area (Å²) < 4.78 is 11.2. The van der Waals surface area contributed by atoms with E-state index in [-0.39, 0.29) is 5.91 Å². The smallest absolute Gasteiger partial charge is 0.251 e. The molecule has 0 aliphatic carbocycles. The van der Waals surface area contributed by atoms with Gasteiger partial charge in [0.05, 0.1) is 7.11 Å². The maximum atomic E-state index is 11.8. The minimum absolute atomic E-state index is 0.0618. The lowest BCUT2D eigenvalue weighted by Gasteiger charge is -2.39. The summed E-state index contributed by atoms with van der Waals surface area (Å²) in [5.41, 5.74) is 4.26. The van der Waals surface area contributed by atoms with Crippen LogP contribution in [-0.4, -0.2) is 57.3 Å². The first kappa shape index (κ1) is 20.9. The number of nitrogens with zero attached hydrogens (tertiary/aromatic N) is 1. The normalized spacial score (nSPS) is 18.9. The summed E-state index contributed by atoms with van der Waals surface area (Å²) >= 11 is 0. The second kappa shape index (κ2) is 9.63. The van der Waals surface area contributed by atoms with Crippen molar-refractivity contribution in [3.8, 4) is 16.9 Å². The maximum Gasteiger partial charge on any atom is 0.251 e. The second-order valence-corrected chi connectivity index (χ2v) is 8.27. The van der Waals surface area contributed by atoms with Crippen molar-refractivity contribution < 1.29 is 14.3 Å². The van der Waals surface area contributed by atoms with E-state index in [1.807, 2.05) is 24.3 Å². The highest BCUT2D eigenvalue weighted by Crippen LogP contribution is 2.38. The fraction of sp³-hybridized carbons (Fsp3) is 0.480. The van der Waals surface area contributed by atoms with Crippen molar-refractivity contribution in [3.63, 3.8) is 0 Å². The molecule has 0 radical (unpaired) electrons. The van der Waals surface area contributed by atoms with Gasteiger partial charge < -0.3 is 19.7 Å². The predicted molar refractivity (Wildman–Crippen MR) is 119 cm³/mol. The van der Waals surface area contributed by atoms with Crippen LogP contribution in [0.2, 0.25) is 0 Å². The lowest BCUT2D eigenvalue weighted by atomic mass is 9.86. The van der Waals surface area contributed by atoms with Crippen molar-refractivity contribution in [2.75, 3.05) is 40.5 Å². The Morgan fingerprint density at radius 3 is 2.30 bits per heavy atom. The number of nitrogens with one attached hydrogen (secondary N) is 1. The van der Waals surface area contributed by atoms with Gasteiger partial charge in [0.1, 0.15) is 5.75 Å². The number of benzene rings is 2. The highest BCUT2D eigenvalue weighted by Gasteiger charge is 2.28. The number of hydrogen-bond donors (Lipinski definition) is 1. The average molecular weight is 409 g/mol. The molecule has 2 heterocycles. The van der Waals surface area contributed by atoms with Gasteiger partial charge in [-0.1, -0.05) is 18.2 Å². The van der Waals surface area contributed by atoms with Crippen LogP contribution in [0, 0.1) is 0 Å². The topological polar surface area (TPSA) is 50.8 Å². The van der Waals surface area contributed by atoms with E-state index < -0.39 is 0 Å². The van der Waals surface area contributed by atoms with Crippen LogP contribution in [0.25, 0.3) is 11.1 Å². The Kier molecular flexibility index (Phi) is 6.70. The summed E-state index contributed by atoms with van der Waals surface area (Å²) in [7, 11) is 3.41. The van der Waals surface area contributed by atoms with E-state index in [1.165, 1.54) is 11.1 Å². The number of carbonyl (C=O) groups is 1. The molecule has 0 spiro atoms. The first-order valence-corrected chi connectivity index (χ1v) is 11.0. The molecule has 2 aliphatic heterocycles. The Morgan fingerprint density at radius 1 is 1.00 bits per heavy atom. The summed E-state index contributed by atoms with van der Waals surface area (Å²) in [6, 6.07) is 15.0. The van der Waals surface area contributed by atoms with Crippen molar-refractivity contribution in [2.45, 2.75) is 37.6 Å². The third kappa shape index (κ3) is 4.52. The molecule has 5 nitrogen and oxygen atoms in total. The predicted octanol–water partition coefficient (Wildman–Crippen LogP) is 4.08. The van der Waals surface area contributed by atoms with E-state index >= 15 is 0 Å². The first-order valence-electron chi connectivity index (χ1n) is 11.0. The minimum Gasteiger partial charge on any atom is -0.496 e. The summed E-state index contributed by atoms with van der Waals surface area (Å²) in [5, 5.41) is 2.67. The summed E-state index contributed by atoms with van der Waals surface area (Å²) in [5.74, 6) is 1.43. The van der Waals surface area contributed by atoms with Crippen molar-refractivity contribution in [1.29, 1.82) is 0 Å². The van der Waals surface area contributed by atoms with Gasteiger partial charge in [-0.15, -0.1) is 0 Å². The fourth-order valence-corrected chi connectivity index (χ4v) is 4.82. The quantitative estimate of drug-likeness (QED) is 0.810. The number of ether oxygens (including phenoxy) is 2. The summed E-state index contributed by atoms with van der Waals surface area (Å²) in [6.07, 6.45) is 4.64. The molecule has 0 saturated carbocycles. The Hall–Kier alpha value is -2.37. The largest absolute Gasteiger partial charge is 0.496 e. The molecule has 1 N–H and O–H groups in total. The Balaban J connectivity index is 1.50. The zero-order valence-corrected chi connectivity index (χ0v) is 18.0. The molecule has 2 aromatic rings. The van der Waals surface area contributed by atoms with Crippen LogP contribution in [0.4, 0.5) is 0 Å². The zero-order valence-electron chi connectivity index (χ0n) is 18.0. The summed E-state index contributed by atoms with van der Waals surface area (Å²) in [4.78, 5) is 14.5. The van der Waals surface area contributed by atoms with Gasteiger partial charge >= 0.3 is 0 Å². The molecule has 0 atom stereocenters. The van der Waals surface area contributed by atoms with E-state index in [1.54, 1.807) is 14.2 Å². The van der Waals surface area contributed by atoms with E-state index in [0.29, 0.717) is 17.5 Å². The van der Waals surface area contributed by atoms with Gasteiger partial charge in [-0.2, -0.15) is 0 Å². The second-order valence-electron chi connectivity index (χ2n) is 8.27. The van der Waals surface area contributed by atoms with Crippen LogP contribution in [0.15, 0.2) is 42.5 Å². The van der Waals surface area contributed by atoms with Gasteiger partial charge in [-0.05, 0) is 85.6 Å². The Bertz CT molecular complexity index is 851. The number of rotatable bonds is 5. The molecule has 1 amide bonds. The van der Waals surface area contributed by atoms with Gasteiger partial charge in [0.2, 0.25) is 0 Å². The molecule has 2 fully saturated rings. The fourth-order valence-electron chi connectivity index (χ4n) is 4.82. The number of amides is 1. The minimum atomic E-state index is -0.0618. The molecule has 2 aliphatic rings. The molecular formula is C25H32N2O3. The molecule has 0 aromatic heterocycles. The van der Waals surface area contributed by atoms with E-state index in [2.05, 4.69) is 28.4 Å². The molecule has 0 bridgehead atoms. The van der Waals surface area contributed by atoms with Crippen LogP contribution in [0.1, 0.15) is 47.5 Å². The van der Waals surface area contributed by atoms with Gasteiger partial charge in [0, 0.05) is 31.9 Å². The van der Waals surface area contributed by atoms with Crippen molar-refractivity contribution >= 4 is 5.91 Å². The molecular weight excluding hydrogens is 376 g/mol. The molecule has 5 heteroatoms. The standard InChI is InChI=1S/C25H32N2O3/c1-26-25(28)20-5-3-18(4-6-20)21-7-8-24(29-2)23(17-21)19-9-13-27(14-10-19)22-11-15-30-16-12-22/h3-8,17,19,22H,9-16H2,1-2H3,(H,26,28). The molecule has 2 aromatic carbocycles. The molecule has 4 rings (SSSR count). The van der Waals surface area contributed by atoms with Crippen LogP contribution < -0.4 is 10.1 Å². The zero-order chi connectivity index (χ0) is 20.9. The Labute approximate surface area is 179 Å². The number of methoxy groups -OCH3 is 1. The lowest BCUT2D eigenvalue weighted by Crippen LogP contribution is -2.43. The van der Waals surface area contributed by atoms with Crippen LogP contribution in [-0.2, 0) is 4.74 Å². The molecule has 160 valence electrons. The van der Waals surface area contributed by atoms with Gasteiger partial charge in [-0.25, -0.2) is 0 Å². The number of hydrogen-bond acceptors (Lipinski definition) is 4. The van der Waals surface area contributed by atoms with Gasteiger partial charge in [0.15, 0.2) is 0 Å². The van der Waals surface area contributed by atoms with Crippen LogP contribution >= 0.6 is 0 Å². The molecule has 30 heavy (non-hydrogen) atoms. The Morgan fingerprint density at radius 2 is 1.67 bits per heavy atom. The summed E-state index contributed by atoms with van der Waals surface area (Å²) in [6.45, 7) is 4.09. The number of likely N-dealkylation sites (tertiary alicyclic amines) is 1. The van der Waals surface area contributed by atoms with Crippen LogP contribution in [0.3, 0.4) is 0 Å². The van der Waals surface area contributed by atoms with E-state index in [0.717, 1.165) is 63.3 Å². The third-order valence-corrected chi connectivity index (χ3v) is 6.61. The third-order valence-electron chi connectivity index (χ3n) is 6.61. The number of piperidine rings is 1.